The van der Waals surface area contributed by atoms with Gasteiger partial charge in [-0.25, -0.2) is 9.79 Å². The molecule has 194 valence electrons. The highest BCUT2D eigenvalue weighted by Crippen LogP contribution is 2.31. The van der Waals surface area contributed by atoms with Gasteiger partial charge < -0.3 is 14.2 Å². The number of unbranched alkanes of at least 4 members (excludes halogenated alkanes) is 2. The van der Waals surface area contributed by atoms with E-state index in [0.29, 0.717) is 33.0 Å². The molecule has 8 heteroatoms. The number of ether oxygens (including phenoxy) is 3. The summed E-state index contributed by atoms with van der Waals surface area (Å²) in [5.74, 6) is 1.02. The quantitative estimate of drug-likeness (QED) is 0.293. The third-order valence-corrected chi connectivity index (χ3v) is 7.13. The minimum absolute atomic E-state index is 0.209. The molecule has 2 aromatic carbocycles. The molecule has 2 heterocycles. The van der Waals surface area contributed by atoms with Gasteiger partial charge in [0, 0.05) is 0 Å². The summed E-state index contributed by atoms with van der Waals surface area (Å²) >= 11 is 1.30. The van der Waals surface area contributed by atoms with Crippen molar-refractivity contribution in [1.29, 1.82) is 0 Å². The SMILES string of the molecule is CCCCCOc1ccc(/C=c2/sc3n(c2=O)[C@@H](c2ccc(OC)cc2)C(C(=O)OCC)=C(C)N=3)cc1. The van der Waals surface area contributed by atoms with Gasteiger partial charge in [-0.05, 0) is 61.7 Å². The van der Waals surface area contributed by atoms with Gasteiger partial charge in [0.25, 0.3) is 5.56 Å². The highest BCUT2D eigenvalue weighted by molar-refractivity contribution is 7.07. The van der Waals surface area contributed by atoms with Crippen molar-refractivity contribution in [2.75, 3.05) is 20.3 Å². The minimum atomic E-state index is -0.651. The fraction of sp³-hybridized carbons (Fsp3) is 0.345. The number of carbonyl (C=O) groups is 1. The van der Waals surface area contributed by atoms with Crippen LogP contribution in [0.2, 0.25) is 0 Å². The van der Waals surface area contributed by atoms with Crippen LogP contribution in [0, 0.1) is 0 Å². The number of carbonyl (C=O) groups excluding carboxylic acids is 1. The first-order valence-corrected chi connectivity index (χ1v) is 13.3. The molecule has 1 aliphatic rings. The molecule has 0 spiro atoms. The fourth-order valence-corrected chi connectivity index (χ4v) is 5.29. The van der Waals surface area contributed by atoms with E-state index in [0.717, 1.165) is 36.1 Å². The number of hydrogen-bond acceptors (Lipinski definition) is 7. The minimum Gasteiger partial charge on any atom is -0.497 e. The smallest absolute Gasteiger partial charge is 0.338 e. The van der Waals surface area contributed by atoms with Crippen LogP contribution in [0.5, 0.6) is 11.5 Å². The molecule has 0 unspecified atom stereocenters. The second kappa shape index (κ2) is 12.1. The van der Waals surface area contributed by atoms with Crippen molar-refractivity contribution in [3.63, 3.8) is 0 Å². The maximum Gasteiger partial charge on any atom is 0.338 e. The molecule has 7 nitrogen and oxygen atoms in total. The molecule has 1 aromatic heterocycles. The van der Waals surface area contributed by atoms with Gasteiger partial charge in [-0.3, -0.25) is 9.36 Å². The first-order valence-electron chi connectivity index (χ1n) is 12.5. The summed E-state index contributed by atoms with van der Waals surface area (Å²) in [6, 6.07) is 14.4. The van der Waals surface area contributed by atoms with E-state index in [1.165, 1.54) is 11.3 Å². The molecule has 37 heavy (non-hydrogen) atoms. The van der Waals surface area contributed by atoms with Gasteiger partial charge in [0.1, 0.15) is 11.5 Å². The van der Waals surface area contributed by atoms with Gasteiger partial charge in [-0.2, -0.15) is 0 Å². The highest BCUT2D eigenvalue weighted by atomic mass is 32.1. The van der Waals surface area contributed by atoms with Crippen LogP contribution in [0.4, 0.5) is 0 Å². The van der Waals surface area contributed by atoms with Crippen LogP contribution in [0.1, 0.15) is 57.2 Å². The monoisotopic (exact) mass is 520 g/mol. The Kier molecular flexibility index (Phi) is 8.61. The lowest BCUT2D eigenvalue weighted by atomic mass is 9.96. The van der Waals surface area contributed by atoms with Crippen molar-refractivity contribution >= 4 is 23.4 Å². The summed E-state index contributed by atoms with van der Waals surface area (Å²) in [5, 5.41) is 0. The second-order valence-corrected chi connectivity index (χ2v) is 9.71. The highest BCUT2D eigenvalue weighted by Gasteiger charge is 2.33. The van der Waals surface area contributed by atoms with E-state index in [9.17, 15) is 9.59 Å². The van der Waals surface area contributed by atoms with Crippen LogP contribution in [-0.4, -0.2) is 30.9 Å². The van der Waals surface area contributed by atoms with Crippen LogP contribution in [0.25, 0.3) is 6.08 Å². The van der Waals surface area contributed by atoms with Crippen LogP contribution >= 0.6 is 11.3 Å². The summed E-state index contributed by atoms with van der Waals surface area (Å²) in [6.45, 7) is 6.62. The molecule has 0 saturated carbocycles. The number of thiazole rings is 1. The number of nitrogens with zero attached hydrogens (tertiary/aromatic N) is 2. The van der Waals surface area contributed by atoms with E-state index in [2.05, 4.69) is 11.9 Å². The van der Waals surface area contributed by atoms with Crippen molar-refractivity contribution in [2.45, 2.75) is 46.1 Å². The molecule has 0 bridgehead atoms. The van der Waals surface area contributed by atoms with Gasteiger partial charge in [0.05, 0.1) is 42.2 Å². The van der Waals surface area contributed by atoms with Gasteiger partial charge >= 0.3 is 5.97 Å². The largest absolute Gasteiger partial charge is 0.497 e. The predicted octanol–water partition coefficient (Wildman–Crippen LogP) is 4.38. The average Bonchev–Trinajstić information content (AvgIpc) is 3.21. The summed E-state index contributed by atoms with van der Waals surface area (Å²) in [7, 11) is 1.59. The summed E-state index contributed by atoms with van der Waals surface area (Å²) in [5.41, 5.74) is 2.34. The number of aromatic nitrogens is 1. The summed E-state index contributed by atoms with van der Waals surface area (Å²) in [6.07, 6.45) is 5.17. The van der Waals surface area contributed by atoms with Crippen molar-refractivity contribution in [1.82, 2.24) is 4.57 Å². The average molecular weight is 521 g/mol. The standard InChI is InChI=1S/C29H32N2O5S/c1-5-7-8-17-36-23-13-9-20(10-14-23)18-24-27(32)31-26(21-11-15-22(34-4)16-12-21)25(28(33)35-6-2)19(3)30-29(31)37-24/h9-16,18,26H,5-8,17H2,1-4H3/b24-18+/t26-/m0/s1. The van der Waals surface area contributed by atoms with Crippen LogP contribution in [0.15, 0.2) is 69.6 Å². The number of esters is 1. The predicted molar refractivity (Wildman–Crippen MR) is 145 cm³/mol. The van der Waals surface area contributed by atoms with E-state index in [1.54, 1.807) is 25.5 Å². The third-order valence-electron chi connectivity index (χ3n) is 6.14. The van der Waals surface area contributed by atoms with Crippen molar-refractivity contribution in [3.05, 3.63) is 90.6 Å². The van der Waals surface area contributed by atoms with Crippen LogP contribution < -0.4 is 24.4 Å². The number of rotatable bonds is 10. The molecule has 0 saturated heterocycles. The zero-order valence-corrected chi connectivity index (χ0v) is 22.5. The van der Waals surface area contributed by atoms with Crippen LogP contribution in [-0.2, 0) is 9.53 Å². The maximum atomic E-state index is 13.7. The number of methoxy groups -OCH3 is 1. The first-order chi connectivity index (χ1) is 18.0. The molecule has 1 aliphatic heterocycles. The Morgan fingerprint density at radius 2 is 1.76 bits per heavy atom. The number of fused-ring (bicyclic) bond motifs is 1. The Morgan fingerprint density at radius 1 is 1.05 bits per heavy atom. The Hall–Kier alpha value is -3.65. The van der Waals surface area contributed by atoms with Gasteiger partial charge in [-0.1, -0.05) is 55.4 Å². The molecule has 3 aromatic rings. The molecular weight excluding hydrogens is 488 g/mol. The Labute approximate surface area is 220 Å². The fourth-order valence-electron chi connectivity index (χ4n) is 4.25. The van der Waals surface area contributed by atoms with Crippen molar-refractivity contribution in [2.24, 2.45) is 4.99 Å². The van der Waals surface area contributed by atoms with Gasteiger partial charge in [-0.15, -0.1) is 0 Å². The summed E-state index contributed by atoms with van der Waals surface area (Å²) in [4.78, 5) is 31.8. The lowest BCUT2D eigenvalue weighted by molar-refractivity contribution is -0.139. The van der Waals surface area contributed by atoms with E-state index in [4.69, 9.17) is 14.2 Å². The van der Waals surface area contributed by atoms with E-state index in [1.807, 2.05) is 54.6 Å². The number of hydrogen-bond donors (Lipinski definition) is 0. The Balaban J connectivity index is 1.74. The second-order valence-electron chi connectivity index (χ2n) is 8.70. The Bertz CT molecular complexity index is 1450. The van der Waals surface area contributed by atoms with E-state index < -0.39 is 12.0 Å². The molecule has 0 amide bonds. The third kappa shape index (κ3) is 5.85. The van der Waals surface area contributed by atoms with Crippen molar-refractivity contribution < 1.29 is 19.0 Å². The molecule has 4 rings (SSSR count). The molecule has 0 aliphatic carbocycles. The normalized spacial score (nSPS) is 15.2. The first kappa shape index (κ1) is 26.4. The zero-order valence-electron chi connectivity index (χ0n) is 21.7. The van der Waals surface area contributed by atoms with Crippen molar-refractivity contribution in [3.8, 4) is 11.5 Å². The molecular formula is C29H32N2O5S. The number of benzene rings is 2. The molecule has 0 fully saturated rings. The van der Waals surface area contributed by atoms with E-state index >= 15 is 0 Å². The number of allylic oxidation sites excluding steroid dienone is 1. The maximum absolute atomic E-state index is 13.7. The lowest BCUT2D eigenvalue weighted by Gasteiger charge is -2.24. The lowest BCUT2D eigenvalue weighted by Crippen LogP contribution is -2.39. The van der Waals surface area contributed by atoms with Crippen LogP contribution in [0.3, 0.4) is 0 Å². The summed E-state index contributed by atoms with van der Waals surface area (Å²) < 4.78 is 18.6. The topological polar surface area (TPSA) is 79.1 Å². The Morgan fingerprint density at radius 3 is 2.41 bits per heavy atom. The van der Waals surface area contributed by atoms with E-state index in [-0.39, 0.29) is 12.2 Å². The molecule has 0 radical (unpaired) electrons. The van der Waals surface area contributed by atoms with Gasteiger partial charge in [0.15, 0.2) is 4.80 Å². The zero-order chi connectivity index (χ0) is 26.4. The van der Waals surface area contributed by atoms with Gasteiger partial charge in [0.2, 0.25) is 0 Å². The molecule has 1 atom stereocenters. The molecule has 0 N–H and O–H groups in total.